The summed E-state index contributed by atoms with van der Waals surface area (Å²) in [4.78, 5) is 2.70. The summed E-state index contributed by atoms with van der Waals surface area (Å²) in [5, 5.41) is 0. The van der Waals surface area contributed by atoms with E-state index in [0.29, 0.717) is 0 Å². The average molecular weight is 212 g/mol. The van der Waals surface area contributed by atoms with Gasteiger partial charge in [0.25, 0.3) is 0 Å². The van der Waals surface area contributed by atoms with E-state index in [9.17, 15) is 0 Å². The third kappa shape index (κ3) is 4.52. The summed E-state index contributed by atoms with van der Waals surface area (Å²) in [6.07, 6.45) is 8.16. The highest BCUT2D eigenvalue weighted by Crippen LogP contribution is 2.24. The molecule has 1 atom stereocenters. The van der Waals surface area contributed by atoms with Gasteiger partial charge in [-0.05, 0) is 38.3 Å². The topological polar surface area (TPSA) is 29.3 Å². The Morgan fingerprint density at radius 1 is 1.33 bits per heavy atom. The summed E-state index contributed by atoms with van der Waals surface area (Å²) in [5.74, 6) is 0.836. The predicted octanol–water partition coefficient (Wildman–Crippen LogP) is 2.63. The van der Waals surface area contributed by atoms with E-state index in [-0.39, 0.29) is 0 Å². The van der Waals surface area contributed by atoms with Crippen LogP contribution in [-0.2, 0) is 0 Å². The van der Waals surface area contributed by atoms with Crippen molar-refractivity contribution in [3.8, 4) is 0 Å². The molecule has 0 heterocycles. The standard InChI is InChI=1S/C13H28N2/c1-3-12(2)11-15(10-6-9-14)13-7-4-5-8-13/h12-13H,3-11,14H2,1-2H3. The molecule has 0 radical (unpaired) electrons. The molecule has 0 aliphatic heterocycles. The lowest BCUT2D eigenvalue weighted by Crippen LogP contribution is -2.38. The minimum atomic E-state index is 0.836. The van der Waals surface area contributed by atoms with Gasteiger partial charge in [0.15, 0.2) is 0 Å². The molecule has 2 nitrogen and oxygen atoms in total. The fraction of sp³-hybridized carbons (Fsp3) is 1.00. The first-order chi connectivity index (χ1) is 7.27. The third-order valence-electron chi connectivity index (χ3n) is 3.73. The Kier molecular flexibility index (Phi) is 6.26. The van der Waals surface area contributed by atoms with Crippen LogP contribution in [0.3, 0.4) is 0 Å². The van der Waals surface area contributed by atoms with E-state index >= 15 is 0 Å². The molecule has 1 fully saturated rings. The molecule has 0 aromatic heterocycles. The van der Waals surface area contributed by atoms with E-state index in [2.05, 4.69) is 18.7 Å². The summed E-state index contributed by atoms with van der Waals surface area (Å²) in [6.45, 7) is 7.99. The molecule has 0 spiro atoms. The van der Waals surface area contributed by atoms with Crippen LogP contribution < -0.4 is 5.73 Å². The molecule has 15 heavy (non-hydrogen) atoms. The zero-order valence-electron chi connectivity index (χ0n) is 10.5. The van der Waals surface area contributed by atoms with E-state index in [1.165, 1.54) is 45.2 Å². The molecule has 0 aromatic carbocycles. The first kappa shape index (κ1) is 13.0. The zero-order valence-corrected chi connectivity index (χ0v) is 10.5. The molecule has 1 aliphatic carbocycles. The van der Waals surface area contributed by atoms with Gasteiger partial charge in [0, 0.05) is 12.6 Å². The molecule has 1 unspecified atom stereocenters. The summed E-state index contributed by atoms with van der Waals surface area (Å²) >= 11 is 0. The van der Waals surface area contributed by atoms with E-state index in [4.69, 9.17) is 5.73 Å². The van der Waals surface area contributed by atoms with Crippen LogP contribution in [0.1, 0.15) is 52.4 Å². The van der Waals surface area contributed by atoms with Gasteiger partial charge in [-0.1, -0.05) is 33.1 Å². The highest BCUT2D eigenvalue weighted by molar-refractivity contribution is 4.78. The van der Waals surface area contributed by atoms with Gasteiger partial charge in [0.2, 0.25) is 0 Å². The van der Waals surface area contributed by atoms with E-state index in [1.54, 1.807) is 0 Å². The fourth-order valence-electron chi connectivity index (χ4n) is 2.52. The molecule has 2 heteroatoms. The van der Waals surface area contributed by atoms with Gasteiger partial charge >= 0.3 is 0 Å². The fourth-order valence-corrected chi connectivity index (χ4v) is 2.52. The predicted molar refractivity (Wildman–Crippen MR) is 67.0 cm³/mol. The van der Waals surface area contributed by atoms with Crippen molar-refractivity contribution in [2.24, 2.45) is 11.7 Å². The second kappa shape index (κ2) is 7.24. The van der Waals surface area contributed by atoms with Gasteiger partial charge in [-0.25, -0.2) is 0 Å². The first-order valence-electron chi connectivity index (χ1n) is 6.72. The molecule has 1 aliphatic rings. The summed E-state index contributed by atoms with van der Waals surface area (Å²) < 4.78 is 0. The molecule has 0 saturated heterocycles. The second-order valence-corrected chi connectivity index (χ2v) is 5.09. The van der Waals surface area contributed by atoms with Crippen molar-refractivity contribution in [3.63, 3.8) is 0 Å². The maximum Gasteiger partial charge on any atom is 0.00953 e. The van der Waals surface area contributed by atoms with Crippen LogP contribution in [0.5, 0.6) is 0 Å². The molecule has 2 N–H and O–H groups in total. The Bertz CT molecular complexity index is 153. The maximum absolute atomic E-state index is 5.61. The lowest BCUT2D eigenvalue weighted by Gasteiger charge is -2.31. The van der Waals surface area contributed by atoms with E-state index in [0.717, 1.165) is 24.9 Å². The lowest BCUT2D eigenvalue weighted by molar-refractivity contribution is 0.170. The van der Waals surface area contributed by atoms with Crippen molar-refractivity contribution >= 4 is 0 Å². The van der Waals surface area contributed by atoms with Gasteiger partial charge in [0.1, 0.15) is 0 Å². The maximum atomic E-state index is 5.61. The highest BCUT2D eigenvalue weighted by Gasteiger charge is 2.22. The SMILES string of the molecule is CCC(C)CN(CCCN)C1CCCC1. The smallest absolute Gasteiger partial charge is 0.00953 e. The van der Waals surface area contributed by atoms with Crippen LogP contribution >= 0.6 is 0 Å². The Labute approximate surface area is 95.2 Å². The second-order valence-electron chi connectivity index (χ2n) is 5.09. The van der Waals surface area contributed by atoms with Gasteiger partial charge in [-0.2, -0.15) is 0 Å². The number of nitrogens with two attached hydrogens (primary N) is 1. The average Bonchev–Trinajstić information content (AvgIpc) is 2.77. The minimum absolute atomic E-state index is 0.836. The van der Waals surface area contributed by atoms with Crippen LogP contribution in [0.25, 0.3) is 0 Å². The first-order valence-corrected chi connectivity index (χ1v) is 6.72. The van der Waals surface area contributed by atoms with Crippen molar-refractivity contribution in [1.29, 1.82) is 0 Å². The van der Waals surface area contributed by atoms with Crippen molar-refractivity contribution in [2.75, 3.05) is 19.6 Å². The van der Waals surface area contributed by atoms with E-state index in [1.807, 2.05) is 0 Å². The summed E-state index contributed by atoms with van der Waals surface area (Å²) in [7, 11) is 0. The number of hydrogen-bond acceptors (Lipinski definition) is 2. The Balaban J connectivity index is 2.36. The zero-order chi connectivity index (χ0) is 11.1. The van der Waals surface area contributed by atoms with E-state index < -0.39 is 0 Å². The largest absolute Gasteiger partial charge is 0.330 e. The van der Waals surface area contributed by atoms with Gasteiger partial charge in [-0.15, -0.1) is 0 Å². The third-order valence-corrected chi connectivity index (χ3v) is 3.73. The normalized spacial score (nSPS) is 20.0. The molecular weight excluding hydrogens is 184 g/mol. The number of nitrogens with zero attached hydrogens (tertiary/aromatic N) is 1. The number of hydrogen-bond donors (Lipinski definition) is 1. The van der Waals surface area contributed by atoms with Crippen molar-refractivity contribution in [1.82, 2.24) is 4.90 Å². The molecule has 90 valence electrons. The van der Waals surface area contributed by atoms with Gasteiger partial charge in [0.05, 0.1) is 0 Å². The van der Waals surface area contributed by atoms with Crippen LogP contribution in [-0.4, -0.2) is 30.6 Å². The molecular formula is C13H28N2. The minimum Gasteiger partial charge on any atom is -0.330 e. The van der Waals surface area contributed by atoms with Crippen LogP contribution in [0.2, 0.25) is 0 Å². The molecule has 1 saturated carbocycles. The monoisotopic (exact) mass is 212 g/mol. The Hall–Kier alpha value is -0.0800. The highest BCUT2D eigenvalue weighted by atomic mass is 15.2. The lowest BCUT2D eigenvalue weighted by atomic mass is 10.1. The van der Waals surface area contributed by atoms with Crippen molar-refractivity contribution in [3.05, 3.63) is 0 Å². The van der Waals surface area contributed by atoms with Crippen molar-refractivity contribution in [2.45, 2.75) is 58.4 Å². The molecule has 0 amide bonds. The van der Waals surface area contributed by atoms with Gasteiger partial charge < -0.3 is 10.6 Å². The quantitative estimate of drug-likeness (QED) is 0.703. The van der Waals surface area contributed by atoms with Crippen molar-refractivity contribution < 1.29 is 0 Å². The summed E-state index contributed by atoms with van der Waals surface area (Å²) in [6, 6.07) is 0.866. The van der Waals surface area contributed by atoms with Gasteiger partial charge in [-0.3, -0.25) is 0 Å². The van der Waals surface area contributed by atoms with Crippen LogP contribution in [0.15, 0.2) is 0 Å². The molecule has 0 aromatic rings. The molecule has 1 rings (SSSR count). The molecule has 0 bridgehead atoms. The van der Waals surface area contributed by atoms with Crippen LogP contribution in [0.4, 0.5) is 0 Å². The number of rotatable bonds is 7. The Morgan fingerprint density at radius 3 is 2.53 bits per heavy atom. The summed E-state index contributed by atoms with van der Waals surface area (Å²) in [5.41, 5.74) is 5.61. The Morgan fingerprint density at radius 2 is 2.00 bits per heavy atom. The van der Waals surface area contributed by atoms with Crippen LogP contribution in [0, 0.1) is 5.92 Å².